The molecule has 1 heterocycles. The van der Waals surface area contributed by atoms with Crippen molar-refractivity contribution in [3.05, 3.63) is 23.7 Å². The van der Waals surface area contributed by atoms with Crippen LogP contribution in [0.15, 0.2) is 16.7 Å². The molecule has 16 heavy (non-hydrogen) atoms. The lowest BCUT2D eigenvalue weighted by Crippen LogP contribution is -2.37. The molecule has 1 amide bonds. The van der Waals surface area contributed by atoms with Crippen LogP contribution in [0.1, 0.15) is 36.4 Å². The molecular weight excluding hydrogens is 226 g/mol. The molecule has 1 rings (SSSR count). The lowest BCUT2D eigenvalue weighted by Gasteiger charge is -2.25. The second-order valence-electron chi connectivity index (χ2n) is 4.08. The van der Waals surface area contributed by atoms with Crippen molar-refractivity contribution in [2.45, 2.75) is 33.2 Å². The maximum Gasteiger partial charge on any atom is 0.257 e. The smallest absolute Gasteiger partial charge is 0.257 e. The summed E-state index contributed by atoms with van der Waals surface area (Å²) in [6.45, 7) is 6.51. The van der Waals surface area contributed by atoms with Gasteiger partial charge >= 0.3 is 0 Å². The number of carbonyl (C=O) groups excluding carboxylic acids is 1. The summed E-state index contributed by atoms with van der Waals surface area (Å²) in [4.78, 5) is 13.9. The van der Waals surface area contributed by atoms with Gasteiger partial charge in [0.1, 0.15) is 12.0 Å². The van der Waals surface area contributed by atoms with Gasteiger partial charge in [0.25, 0.3) is 5.91 Å². The monoisotopic (exact) mass is 243 g/mol. The van der Waals surface area contributed by atoms with E-state index in [2.05, 4.69) is 0 Å². The third kappa shape index (κ3) is 3.27. The molecule has 0 radical (unpaired) electrons. The van der Waals surface area contributed by atoms with Crippen LogP contribution >= 0.6 is 11.6 Å². The summed E-state index contributed by atoms with van der Waals surface area (Å²) in [6.07, 6.45) is 2.32. The van der Waals surface area contributed by atoms with Crippen molar-refractivity contribution in [1.29, 1.82) is 0 Å². The van der Waals surface area contributed by atoms with Gasteiger partial charge in [-0.05, 0) is 33.3 Å². The molecule has 0 aromatic carbocycles. The molecule has 0 saturated carbocycles. The number of hydrogen-bond acceptors (Lipinski definition) is 2. The van der Waals surface area contributed by atoms with Crippen molar-refractivity contribution in [2.75, 3.05) is 12.4 Å². The Balaban J connectivity index is 2.74. The van der Waals surface area contributed by atoms with Crippen molar-refractivity contribution >= 4 is 17.5 Å². The van der Waals surface area contributed by atoms with Crippen LogP contribution in [-0.4, -0.2) is 29.3 Å². The van der Waals surface area contributed by atoms with E-state index >= 15 is 0 Å². The fourth-order valence-corrected chi connectivity index (χ4v) is 1.67. The minimum atomic E-state index is 0.0111. The second-order valence-corrected chi connectivity index (χ2v) is 4.46. The van der Waals surface area contributed by atoms with Gasteiger partial charge < -0.3 is 9.32 Å². The van der Waals surface area contributed by atoms with E-state index in [1.165, 1.54) is 6.26 Å². The maximum atomic E-state index is 12.1. The summed E-state index contributed by atoms with van der Waals surface area (Å²) in [5, 5.41) is 0. The van der Waals surface area contributed by atoms with Crippen molar-refractivity contribution in [3.8, 4) is 0 Å². The number of halogens is 1. The highest BCUT2D eigenvalue weighted by Crippen LogP contribution is 2.12. The summed E-state index contributed by atoms with van der Waals surface area (Å²) < 4.78 is 5.15. The summed E-state index contributed by atoms with van der Waals surface area (Å²) in [5.41, 5.74) is 0.612. The largest absolute Gasteiger partial charge is 0.469 e. The number of furan rings is 1. The summed E-state index contributed by atoms with van der Waals surface area (Å²) in [7, 11) is 0. The highest BCUT2D eigenvalue weighted by Gasteiger charge is 2.19. The van der Waals surface area contributed by atoms with Crippen LogP contribution in [0.5, 0.6) is 0 Å². The Labute approximate surface area is 101 Å². The first-order valence-corrected chi connectivity index (χ1v) is 6.01. The van der Waals surface area contributed by atoms with Gasteiger partial charge in [-0.1, -0.05) is 0 Å². The Hall–Kier alpha value is -0.960. The van der Waals surface area contributed by atoms with Gasteiger partial charge in [0.2, 0.25) is 0 Å². The molecular formula is C12H18ClNO2. The van der Waals surface area contributed by atoms with Gasteiger partial charge in [0.05, 0.1) is 5.56 Å². The summed E-state index contributed by atoms with van der Waals surface area (Å²) in [5.74, 6) is 1.34. The van der Waals surface area contributed by atoms with Crippen LogP contribution < -0.4 is 0 Å². The molecule has 3 nitrogen and oxygen atoms in total. The number of carbonyl (C=O) groups is 1. The molecule has 90 valence electrons. The number of alkyl halides is 1. The van der Waals surface area contributed by atoms with Gasteiger partial charge in [0.15, 0.2) is 0 Å². The van der Waals surface area contributed by atoms with Crippen LogP contribution in [-0.2, 0) is 0 Å². The normalized spacial score (nSPS) is 10.8. The molecule has 0 spiro atoms. The Morgan fingerprint density at radius 2 is 2.25 bits per heavy atom. The zero-order valence-electron chi connectivity index (χ0n) is 10.00. The average Bonchev–Trinajstić information content (AvgIpc) is 2.64. The molecule has 0 aliphatic rings. The van der Waals surface area contributed by atoms with E-state index in [0.29, 0.717) is 18.0 Å². The number of aryl methyl sites for hydroxylation is 1. The van der Waals surface area contributed by atoms with Crippen molar-refractivity contribution in [3.63, 3.8) is 0 Å². The van der Waals surface area contributed by atoms with E-state index in [1.807, 2.05) is 25.7 Å². The van der Waals surface area contributed by atoms with E-state index in [9.17, 15) is 4.79 Å². The molecule has 4 heteroatoms. The van der Waals surface area contributed by atoms with Gasteiger partial charge in [0, 0.05) is 18.5 Å². The highest BCUT2D eigenvalue weighted by molar-refractivity contribution is 6.17. The quantitative estimate of drug-likeness (QED) is 0.745. The predicted octanol–water partition coefficient (Wildman–Crippen LogP) is 3.07. The van der Waals surface area contributed by atoms with Crippen LogP contribution in [0, 0.1) is 6.92 Å². The van der Waals surface area contributed by atoms with Gasteiger partial charge in [-0.15, -0.1) is 11.6 Å². The van der Waals surface area contributed by atoms with E-state index in [-0.39, 0.29) is 11.9 Å². The molecule has 0 N–H and O–H groups in total. The molecule has 0 atom stereocenters. The minimum absolute atomic E-state index is 0.0111. The van der Waals surface area contributed by atoms with E-state index < -0.39 is 0 Å². The van der Waals surface area contributed by atoms with Crippen LogP contribution in [0.25, 0.3) is 0 Å². The first-order valence-electron chi connectivity index (χ1n) is 5.48. The Morgan fingerprint density at radius 3 is 2.69 bits per heavy atom. The van der Waals surface area contributed by atoms with Crippen LogP contribution in [0.2, 0.25) is 0 Å². The predicted molar refractivity (Wildman–Crippen MR) is 65.0 cm³/mol. The molecule has 0 aliphatic carbocycles. The van der Waals surface area contributed by atoms with E-state index in [1.54, 1.807) is 6.07 Å². The van der Waals surface area contributed by atoms with Crippen molar-refractivity contribution in [1.82, 2.24) is 4.90 Å². The third-order valence-electron chi connectivity index (χ3n) is 2.39. The standard InChI is InChI=1S/C12H18ClNO2/c1-9(2)14(6-4-5-13)12(15)11-7-10(3)16-8-11/h7-9H,4-6H2,1-3H3. The first-order chi connectivity index (χ1) is 7.56. The fraction of sp³-hybridized carbons (Fsp3) is 0.583. The van der Waals surface area contributed by atoms with Crippen LogP contribution in [0.3, 0.4) is 0 Å². The minimum Gasteiger partial charge on any atom is -0.469 e. The maximum absolute atomic E-state index is 12.1. The Morgan fingerprint density at radius 1 is 1.56 bits per heavy atom. The third-order valence-corrected chi connectivity index (χ3v) is 2.66. The van der Waals surface area contributed by atoms with Crippen molar-refractivity contribution < 1.29 is 9.21 Å². The molecule has 0 unspecified atom stereocenters. The second kappa shape index (κ2) is 5.94. The Kier molecular flexibility index (Phi) is 4.87. The fourth-order valence-electron chi connectivity index (χ4n) is 1.55. The number of amides is 1. The number of rotatable bonds is 5. The zero-order chi connectivity index (χ0) is 12.1. The lowest BCUT2D eigenvalue weighted by molar-refractivity contribution is 0.0705. The van der Waals surface area contributed by atoms with E-state index in [4.69, 9.17) is 16.0 Å². The first kappa shape index (κ1) is 13.1. The molecule has 0 saturated heterocycles. The van der Waals surface area contributed by atoms with Gasteiger partial charge in [-0.25, -0.2) is 0 Å². The topological polar surface area (TPSA) is 33.5 Å². The van der Waals surface area contributed by atoms with E-state index in [0.717, 1.165) is 12.2 Å². The molecule has 1 aromatic heterocycles. The van der Waals surface area contributed by atoms with Gasteiger partial charge in [-0.3, -0.25) is 4.79 Å². The molecule has 0 fully saturated rings. The summed E-state index contributed by atoms with van der Waals surface area (Å²) in [6, 6.07) is 1.93. The average molecular weight is 244 g/mol. The van der Waals surface area contributed by atoms with Crippen molar-refractivity contribution in [2.24, 2.45) is 0 Å². The SMILES string of the molecule is Cc1cc(C(=O)N(CCCCl)C(C)C)co1. The summed E-state index contributed by atoms with van der Waals surface area (Å²) >= 11 is 5.65. The molecule has 0 aliphatic heterocycles. The van der Waals surface area contributed by atoms with Crippen LogP contribution in [0.4, 0.5) is 0 Å². The zero-order valence-corrected chi connectivity index (χ0v) is 10.8. The van der Waals surface area contributed by atoms with Gasteiger partial charge in [-0.2, -0.15) is 0 Å². The number of hydrogen-bond donors (Lipinski definition) is 0. The number of nitrogens with zero attached hydrogens (tertiary/aromatic N) is 1. The lowest BCUT2D eigenvalue weighted by atomic mass is 10.2. The Bertz CT molecular complexity index is 347. The molecule has 1 aromatic rings. The highest BCUT2D eigenvalue weighted by atomic mass is 35.5. The molecule has 0 bridgehead atoms.